The molecule has 0 aliphatic carbocycles. The van der Waals surface area contributed by atoms with E-state index in [9.17, 15) is 14.4 Å². The Morgan fingerprint density at radius 3 is 2.56 bits per heavy atom. The fourth-order valence-electron chi connectivity index (χ4n) is 2.98. The van der Waals surface area contributed by atoms with Crippen LogP contribution < -0.4 is 4.90 Å². The average Bonchev–Trinajstić information content (AvgIpc) is 3.00. The van der Waals surface area contributed by atoms with Crippen LogP contribution in [0.15, 0.2) is 24.3 Å². The van der Waals surface area contributed by atoms with Crippen molar-refractivity contribution in [2.24, 2.45) is 11.8 Å². The second-order valence-electron chi connectivity index (χ2n) is 6.18. The van der Waals surface area contributed by atoms with Crippen LogP contribution in [0.1, 0.15) is 20.3 Å². The Balaban J connectivity index is 2.05. The molecule has 0 radical (unpaired) electrons. The maximum Gasteiger partial charge on any atom is 0.310 e. The maximum absolute atomic E-state index is 12.8. The fraction of sp³-hybridized carbons (Fsp3) is 0.500. The number of amides is 2. The van der Waals surface area contributed by atoms with E-state index < -0.39 is 11.8 Å². The first-order valence-electron chi connectivity index (χ1n) is 8.29. The van der Waals surface area contributed by atoms with Gasteiger partial charge in [0.15, 0.2) is 0 Å². The molecule has 2 amide bonds. The predicted octanol–water partition coefficient (Wildman–Crippen LogP) is 2.35. The summed E-state index contributed by atoms with van der Waals surface area (Å²) in [6, 6.07) is 6.97. The zero-order chi connectivity index (χ0) is 18.6. The molecule has 2 unspecified atom stereocenters. The van der Waals surface area contributed by atoms with E-state index in [1.54, 1.807) is 41.0 Å². The number of hydrogen-bond donors (Lipinski definition) is 0. The first-order chi connectivity index (χ1) is 11.9. The van der Waals surface area contributed by atoms with E-state index in [1.807, 2.05) is 6.92 Å². The van der Waals surface area contributed by atoms with Crippen molar-refractivity contribution in [3.8, 4) is 0 Å². The number of methoxy groups -OCH3 is 1. The van der Waals surface area contributed by atoms with Crippen molar-refractivity contribution in [1.82, 2.24) is 4.90 Å². The zero-order valence-electron chi connectivity index (χ0n) is 14.7. The second kappa shape index (κ2) is 8.34. The molecule has 136 valence electrons. The van der Waals surface area contributed by atoms with Gasteiger partial charge < -0.3 is 14.5 Å². The molecule has 0 saturated carbocycles. The molecule has 1 aromatic rings. The van der Waals surface area contributed by atoms with Crippen LogP contribution in [0.3, 0.4) is 0 Å². The minimum atomic E-state index is -0.409. The Hall–Kier alpha value is -2.08. The highest BCUT2D eigenvalue weighted by Crippen LogP contribution is 2.27. The van der Waals surface area contributed by atoms with Crippen molar-refractivity contribution < 1.29 is 19.1 Å². The van der Waals surface area contributed by atoms with Crippen LogP contribution in [0.4, 0.5) is 5.69 Å². The molecule has 7 heteroatoms. The molecular formula is C18H23ClN2O4. The molecule has 1 saturated heterocycles. The standard InChI is InChI=1S/C18H23ClN2O4/c1-4-20(10-12(2)18(24)25-3)17(23)13-9-16(22)21(11-13)15-7-5-14(19)6-8-15/h5-8,12-13H,4,9-11H2,1-3H3. The summed E-state index contributed by atoms with van der Waals surface area (Å²) in [7, 11) is 1.33. The van der Waals surface area contributed by atoms with Gasteiger partial charge in [-0.3, -0.25) is 14.4 Å². The first-order valence-corrected chi connectivity index (χ1v) is 8.67. The minimum Gasteiger partial charge on any atom is -0.469 e. The summed E-state index contributed by atoms with van der Waals surface area (Å²) in [5, 5.41) is 0.594. The van der Waals surface area contributed by atoms with E-state index in [-0.39, 0.29) is 30.7 Å². The Labute approximate surface area is 152 Å². The molecule has 1 aliphatic heterocycles. The monoisotopic (exact) mass is 366 g/mol. The van der Waals surface area contributed by atoms with Crippen LogP contribution in [-0.4, -0.2) is 49.4 Å². The molecular weight excluding hydrogens is 344 g/mol. The zero-order valence-corrected chi connectivity index (χ0v) is 15.5. The van der Waals surface area contributed by atoms with Gasteiger partial charge >= 0.3 is 5.97 Å². The van der Waals surface area contributed by atoms with Crippen LogP contribution in [0.5, 0.6) is 0 Å². The van der Waals surface area contributed by atoms with Crippen molar-refractivity contribution in [2.45, 2.75) is 20.3 Å². The second-order valence-corrected chi connectivity index (χ2v) is 6.62. The molecule has 1 aromatic carbocycles. The van der Waals surface area contributed by atoms with Crippen molar-refractivity contribution in [2.75, 3.05) is 31.6 Å². The van der Waals surface area contributed by atoms with Gasteiger partial charge in [-0.1, -0.05) is 18.5 Å². The summed E-state index contributed by atoms with van der Waals surface area (Å²) in [6.45, 7) is 4.68. The topological polar surface area (TPSA) is 66.9 Å². The summed E-state index contributed by atoms with van der Waals surface area (Å²) in [4.78, 5) is 39.9. The summed E-state index contributed by atoms with van der Waals surface area (Å²) in [6.07, 6.45) is 0.171. The van der Waals surface area contributed by atoms with E-state index in [0.29, 0.717) is 18.1 Å². The van der Waals surface area contributed by atoms with E-state index in [0.717, 1.165) is 5.69 Å². The van der Waals surface area contributed by atoms with Crippen molar-refractivity contribution in [3.63, 3.8) is 0 Å². The molecule has 0 N–H and O–H groups in total. The van der Waals surface area contributed by atoms with Gasteiger partial charge in [-0.15, -0.1) is 0 Å². The average molecular weight is 367 g/mol. The third-order valence-electron chi connectivity index (χ3n) is 4.40. The van der Waals surface area contributed by atoms with Crippen molar-refractivity contribution >= 4 is 35.1 Å². The number of nitrogens with zero attached hydrogens (tertiary/aromatic N) is 2. The van der Waals surface area contributed by atoms with Gasteiger partial charge in [0.25, 0.3) is 0 Å². The number of hydrogen-bond acceptors (Lipinski definition) is 4. The molecule has 0 spiro atoms. The van der Waals surface area contributed by atoms with E-state index in [4.69, 9.17) is 16.3 Å². The number of ether oxygens (including phenoxy) is 1. The molecule has 1 fully saturated rings. The van der Waals surface area contributed by atoms with E-state index >= 15 is 0 Å². The Kier molecular flexibility index (Phi) is 6.42. The van der Waals surface area contributed by atoms with Gasteiger partial charge in [-0.25, -0.2) is 0 Å². The number of benzene rings is 1. The third-order valence-corrected chi connectivity index (χ3v) is 4.66. The SMILES string of the molecule is CCN(CC(C)C(=O)OC)C(=O)C1CC(=O)N(c2ccc(Cl)cc2)C1. The van der Waals surface area contributed by atoms with Gasteiger partial charge in [0.1, 0.15) is 0 Å². The van der Waals surface area contributed by atoms with Gasteiger partial charge in [-0.05, 0) is 31.2 Å². The lowest BCUT2D eigenvalue weighted by Gasteiger charge is -2.26. The van der Waals surface area contributed by atoms with Crippen LogP contribution in [0, 0.1) is 11.8 Å². The summed E-state index contributed by atoms with van der Waals surface area (Å²) in [5.74, 6) is -1.36. The number of halogens is 1. The molecule has 0 bridgehead atoms. The number of rotatable bonds is 6. The Bertz CT molecular complexity index is 647. The lowest BCUT2D eigenvalue weighted by atomic mass is 10.1. The fourth-order valence-corrected chi connectivity index (χ4v) is 3.11. The van der Waals surface area contributed by atoms with Crippen LogP contribution in [0.2, 0.25) is 5.02 Å². The van der Waals surface area contributed by atoms with Crippen molar-refractivity contribution in [3.05, 3.63) is 29.3 Å². The molecule has 1 heterocycles. The van der Waals surface area contributed by atoms with Crippen LogP contribution in [0.25, 0.3) is 0 Å². The normalized spacial score (nSPS) is 18.2. The molecule has 2 rings (SSSR count). The lowest BCUT2D eigenvalue weighted by Crippen LogP contribution is -2.41. The van der Waals surface area contributed by atoms with E-state index in [2.05, 4.69) is 0 Å². The lowest BCUT2D eigenvalue weighted by molar-refractivity contribution is -0.147. The highest BCUT2D eigenvalue weighted by atomic mass is 35.5. The molecule has 2 atom stereocenters. The smallest absolute Gasteiger partial charge is 0.310 e. The molecule has 25 heavy (non-hydrogen) atoms. The number of carbonyl (C=O) groups excluding carboxylic acids is 3. The van der Waals surface area contributed by atoms with Crippen LogP contribution in [-0.2, 0) is 19.1 Å². The highest BCUT2D eigenvalue weighted by molar-refractivity contribution is 6.30. The molecule has 1 aliphatic rings. The first kappa shape index (κ1) is 19.2. The largest absolute Gasteiger partial charge is 0.469 e. The Morgan fingerprint density at radius 2 is 2.00 bits per heavy atom. The van der Waals surface area contributed by atoms with E-state index in [1.165, 1.54) is 7.11 Å². The molecule has 0 aromatic heterocycles. The quantitative estimate of drug-likeness (QED) is 0.725. The Morgan fingerprint density at radius 1 is 1.36 bits per heavy atom. The van der Waals surface area contributed by atoms with Gasteiger partial charge in [0.2, 0.25) is 11.8 Å². The maximum atomic E-state index is 12.8. The summed E-state index contributed by atoms with van der Waals surface area (Å²) in [5.41, 5.74) is 0.732. The van der Waals surface area contributed by atoms with Gasteiger partial charge in [0.05, 0.1) is 18.9 Å². The number of anilines is 1. The summed E-state index contributed by atoms with van der Waals surface area (Å²) >= 11 is 5.88. The number of esters is 1. The number of carbonyl (C=O) groups is 3. The van der Waals surface area contributed by atoms with Gasteiger partial charge in [0, 0.05) is 36.8 Å². The van der Waals surface area contributed by atoms with Crippen LogP contribution >= 0.6 is 11.6 Å². The van der Waals surface area contributed by atoms with Crippen molar-refractivity contribution in [1.29, 1.82) is 0 Å². The molecule has 6 nitrogen and oxygen atoms in total. The summed E-state index contributed by atoms with van der Waals surface area (Å²) < 4.78 is 4.71. The minimum absolute atomic E-state index is 0.0854. The highest BCUT2D eigenvalue weighted by Gasteiger charge is 2.37. The third kappa shape index (κ3) is 4.51. The predicted molar refractivity (Wildman–Crippen MR) is 95.3 cm³/mol. The van der Waals surface area contributed by atoms with Gasteiger partial charge in [-0.2, -0.15) is 0 Å².